The highest BCUT2D eigenvalue weighted by molar-refractivity contribution is 14.1. The molecular weight excluding hydrogens is 231 g/mol. The van der Waals surface area contributed by atoms with Crippen LogP contribution in [0, 0.1) is 0 Å². The van der Waals surface area contributed by atoms with E-state index in [1.165, 1.54) is 0 Å². The van der Waals surface area contributed by atoms with Crippen molar-refractivity contribution in [2.75, 3.05) is 13.7 Å². The molecule has 1 atom stereocenters. The smallest absolute Gasteiger partial charge is 0.147 e. The fraction of sp³-hybridized carbons (Fsp3) is 0.833. The summed E-state index contributed by atoms with van der Waals surface area (Å²) in [6, 6.07) is 0. The lowest BCUT2D eigenvalue weighted by atomic mass is 10.2. The SMILES string of the molecule is COCCC(=O)C(C)I. The molecule has 0 aliphatic rings. The Kier molecular flexibility index (Phi) is 5.38. The number of ether oxygens (including phenoxy) is 1. The Morgan fingerprint density at radius 1 is 1.78 bits per heavy atom. The molecule has 0 bridgehead atoms. The lowest BCUT2D eigenvalue weighted by Gasteiger charge is -1.99. The van der Waals surface area contributed by atoms with Crippen LogP contribution in [0.25, 0.3) is 0 Å². The minimum atomic E-state index is 0.123. The van der Waals surface area contributed by atoms with Crippen LogP contribution in [0.4, 0.5) is 0 Å². The maximum absolute atomic E-state index is 10.8. The summed E-state index contributed by atoms with van der Waals surface area (Å²) >= 11 is 2.10. The third kappa shape index (κ3) is 4.84. The molecule has 9 heavy (non-hydrogen) atoms. The summed E-state index contributed by atoms with van der Waals surface area (Å²) in [7, 11) is 1.60. The zero-order valence-corrected chi connectivity index (χ0v) is 7.84. The monoisotopic (exact) mass is 242 g/mol. The maximum atomic E-state index is 10.8. The Morgan fingerprint density at radius 3 is 2.67 bits per heavy atom. The van der Waals surface area contributed by atoms with Crippen LogP contribution in [0.15, 0.2) is 0 Å². The van der Waals surface area contributed by atoms with Crippen molar-refractivity contribution < 1.29 is 9.53 Å². The van der Waals surface area contributed by atoms with Gasteiger partial charge in [-0.2, -0.15) is 0 Å². The molecule has 2 nitrogen and oxygen atoms in total. The number of rotatable bonds is 4. The Labute approximate surface area is 69.1 Å². The zero-order chi connectivity index (χ0) is 7.28. The Balaban J connectivity index is 3.28. The molecule has 0 aromatic rings. The second-order valence-electron chi connectivity index (χ2n) is 1.83. The fourth-order valence-corrected chi connectivity index (χ4v) is 0.713. The van der Waals surface area contributed by atoms with E-state index < -0.39 is 0 Å². The summed E-state index contributed by atoms with van der Waals surface area (Å²) in [4.78, 5) is 10.8. The number of halogens is 1. The standard InChI is InChI=1S/C6H11IO2/c1-5(7)6(8)3-4-9-2/h5H,3-4H2,1-2H3. The molecule has 0 spiro atoms. The molecule has 0 aliphatic carbocycles. The van der Waals surface area contributed by atoms with Gasteiger partial charge in [0.25, 0.3) is 0 Å². The van der Waals surface area contributed by atoms with Crippen molar-refractivity contribution in [3.63, 3.8) is 0 Å². The van der Waals surface area contributed by atoms with Crippen LogP contribution in [0.2, 0.25) is 0 Å². The highest BCUT2D eigenvalue weighted by Crippen LogP contribution is 2.02. The molecule has 0 aromatic heterocycles. The van der Waals surface area contributed by atoms with Crippen molar-refractivity contribution in [2.24, 2.45) is 0 Å². The third-order valence-corrected chi connectivity index (χ3v) is 1.69. The number of alkyl halides is 1. The predicted octanol–water partition coefficient (Wildman–Crippen LogP) is 1.42. The first-order valence-corrected chi connectivity index (χ1v) is 4.08. The van der Waals surface area contributed by atoms with Crippen LogP contribution in [-0.2, 0) is 9.53 Å². The molecule has 0 N–H and O–H groups in total. The Bertz CT molecular complexity index is 91.1. The van der Waals surface area contributed by atoms with Crippen molar-refractivity contribution >= 4 is 28.4 Å². The summed E-state index contributed by atoms with van der Waals surface area (Å²) in [6.07, 6.45) is 0.542. The quantitative estimate of drug-likeness (QED) is 0.550. The van der Waals surface area contributed by atoms with Crippen LogP contribution in [0.3, 0.4) is 0 Å². The molecule has 3 heteroatoms. The molecule has 0 aliphatic heterocycles. The van der Waals surface area contributed by atoms with E-state index in [-0.39, 0.29) is 9.71 Å². The molecule has 0 saturated heterocycles. The van der Waals surface area contributed by atoms with Gasteiger partial charge >= 0.3 is 0 Å². The maximum Gasteiger partial charge on any atom is 0.147 e. The highest BCUT2D eigenvalue weighted by atomic mass is 127. The van der Waals surface area contributed by atoms with Gasteiger partial charge in [-0.3, -0.25) is 4.79 Å². The largest absolute Gasteiger partial charge is 0.384 e. The summed E-state index contributed by atoms with van der Waals surface area (Å²) < 4.78 is 4.86. The molecule has 0 aromatic carbocycles. The molecule has 1 unspecified atom stereocenters. The van der Waals surface area contributed by atoms with Crippen molar-refractivity contribution in [1.82, 2.24) is 0 Å². The highest BCUT2D eigenvalue weighted by Gasteiger charge is 2.06. The van der Waals surface area contributed by atoms with Crippen LogP contribution < -0.4 is 0 Å². The van der Waals surface area contributed by atoms with Crippen molar-refractivity contribution in [3.8, 4) is 0 Å². The Hall–Kier alpha value is 0.360. The van der Waals surface area contributed by atoms with E-state index in [9.17, 15) is 4.79 Å². The minimum absolute atomic E-state index is 0.123. The van der Waals surface area contributed by atoms with Gasteiger partial charge in [0.15, 0.2) is 0 Å². The number of carbonyl (C=O) groups is 1. The van der Waals surface area contributed by atoms with Gasteiger partial charge in [-0.1, -0.05) is 22.6 Å². The first kappa shape index (κ1) is 9.36. The molecule has 0 heterocycles. The van der Waals surface area contributed by atoms with E-state index in [0.717, 1.165) is 0 Å². The number of ketones is 1. The molecular formula is C6H11IO2. The van der Waals surface area contributed by atoms with Crippen LogP contribution >= 0.6 is 22.6 Å². The van der Waals surface area contributed by atoms with Crippen molar-refractivity contribution in [3.05, 3.63) is 0 Å². The normalized spacial score (nSPS) is 13.2. The lowest BCUT2D eigenvalue weighted by Crippen LogP contribution is -2.11. The van der Waals surface area contributed by atoms with Gasteiger partial charge in [-0.15, -0.1) is 0 Å². The van der Waals surface area contributed by atoms with E-state index in [1.807, 2.05) is 6.92 Å². The number of Topliss-reactive ketones (excluding diaryl/α,β-unsaturated/α-hetero) is 1. The van der Waals surface area contributed by atoms with E-state index in [4.69, 9.17) is 4.74 Å². The molecule has 0 rings (SSSR count). The average Bonchev–Trinajstić information content (AvgIpc) is 1.82. The van der Waals surface area contributed by atoms with Crippen LogP contribution in [-0.4, -0.2) is 23.4 Å². The summed E-state index contributed by atoms with van der Waals surface area (Å²) in [5.74, 6) is 0.262. The van der Waals surface area contributed by atoms with Gasteiger partial charge in [-0.05, 0) is 6.92 Å². The van der Waals surface area contributed by atoms with Gasteiger partial charge in [-0.25, -0.2) is 0 Å². The topological polar surface area (TPSA) is 26.3 Å². The molecule has 0 radical (unpaired) electrons. The van der Waals surface area contributed by atoms with Gasteiger partial charge < -0.3 is 4.74 Å². The molecule has 0 fully saturated rings. The van der Waals surface area contributed by atoms with E-state index in [1.54, 1.807) is 7.11 Å². The number of methoxy groups -OCH3 is 1. The van der Waals surface area contributed by atoms with Gasteiger partial charge in [0.2, 0.25) is 0 Å². The van der Waals surface area contributed by atoms with Crippen LogP contribution in [0.5, 0.6) is 0 Å². The minimum Gasteiger partial charge on any atom is -0.384 e. The Morgan fingerprint density at radius 2 is 2.33 bits per heavy atom. The van der Waals surface area contributed by atoms with Gasteiger partial charge in [0, 0.05) is 13.5 Å². The summed E-state index contributed by atoms with van der Waals surface area (Å²) in [6.45, 7) is 2.44. The second-order valence-corrected chi connectivity index (χ2v) is 3.69. The van der Waals surface area contributed by atoms with E-state index in [2.05, 4.69) is 22.6 Å². The molecule has 0 amide bonds. The summed E-state index contributed by atoms with van der Waals surface area (Å²) in [5.41, 5.74) is 0. The van der Waals surface area contributed by atoms with Crippen molar-refractivity contribution in [1.29, 1.82) is 0 Å². The van der Waals surface area contributed by atoms with E-state index in [0.29, 0.717) is 13.0 Å². The zero-order valence-electron chi connectivity index (χ0n) is 5.69. The fourth-order valence-electron chi connectivity index (χ4n) is 0.402. The third-order valence-electron chi connectivity index (χ3n) is 0.996. The van der Waals surface area contributed by atoms with Gasteiger partial charge in [0.1, 0.15) is 5.78 Å². The lowest BCUT2D eigenvalue weighted by molar-refractivity contribution is -0.118. The van der Waals surface area contributed by atoms with Crippen LogP contribution in [0.1, 0.15) is 13.3 Å². The number of hydrogen-bond acceptors (Lipinski definition) is 2. The predicted molar refractivity (Wildman–Crippen MR) is 45.0 cm³/mol. The van der Waals surface area contributed by atoms with Crippen molar-refractivity contribution in [2.45, 2.75) is 17.3 Å². The first-order valence-electron chi connectivity index (χ1n) is 2.84. The summed E-state index contributed by atoms with van der Waals surface area (Å²) in [5, 5.41) is 0. The van der Waals surface area contributed by atoms with E-state index >= 15 is 0 Å². The number of carbonyl (C=O) groups excluding carboxylic acids is 1. The molecule has 54 valence electrons. The molecule has 0 saturated carbocycles. The second kappa shape index (κ2) is 5.17. The van der Waals surface area contributed by atoms with Gasteiger partial charge in [0.05, 0.1) is 10.5 Å². The average molecular weight is 242 g/mol. The number of hydrogen-bond donors (Lipinski definition) is 0. The first-order chi connectivity index (χ1) is 4.18.